The van der Waals surface area contributed by atoms with Gasteiger partial charge in [-0.25, -0.2) is 0 Å². The largest absolute Gasteiger partial charge is 0.329 e. The lowest BCUT2D eigenvalue weighted by atomic mass is 10.1. The van der Waals surface area contributed by atoms with E-state index in [9.17, 15) is 4.57 Å². The molecule has 0 unspecified atom stereocenters. The monoisotopic (exact) mass is 308 g/mol. The predicted molar refractivity (Wildman–Crippen MR) is 85.0 cm³/mol. The number of rotatable bonds is 15. The van der Waals surface area contributed by atoms with E-state index in [1.165, 1.54) is 44.9 Å². The Kier molecular flexibility index (Phi) is 14.1. The predicted octanol–water partition coefficient (Wildman–Crippen LogP) is 2.61. The van der Waals surface area contributed by atoms with E-state index < -0.39 is 7.60 Å². The van der Waals surface area contributed by atoms with Crippen LogP contribution in [0.5, 0.6) is 0 Å². The van der Waals surface area contributed by atoms with E-state index in [1.807, 2.05) is 0 Å². The van der Waals surface area contributed by atoms with Crippen molar-refractivity contribution in [3.8, 4) is 0 Å². The van der Waals surface area contributed by atoms with Gasteiger partial charge in [-0.2, -0.15) is 0 Å². The minimum Gasteiger partial charge on any atom is -0.329 e. The van der Waals surface area contributed by atoms with Crippen molar-refractivity contribution in [2.24, 2.45) is 5.73 Å². The molecule has 0 spiro atoms. The van der Waals surface area contributed by atoms with E-state index in [0.29, 0.717) is 13.0 Å². The molecule has 0 heterocycles. The molecule has 5 N–H and O–H groups in total. The van der Waals surface area contributed by atoms with Crippen LogP contribution in [0.4, 0.5) is 0 Å². The van der Waals surface area contributed by atoms with Crippen LogP contribution in [-0.4, -0.2) is 35.6 Å². The van der Waals surface area contributed by atoms with Gasteiger partial charge in [0.25, 0.3) is 0 Å². The molecular formula is C14H33N2O3P. The Balaban J connectivity index is 3.01. The van der Waals surface area contributed by atoms with Gasteiger partial charge >= 0.3 is 7.60 Å². The summed E-state index contributed by atoms with van der Waals surface area (Å²) in [6.07, 6.45) is 11.6. The van der Waals surface area contributed by atoms with Crippen LogP contribution in [0.3, 0.4) is 0 Å². The van der Waals surface area contributed by atoms with Gasteiger partial charge in [0.05, 0.1) is 0 Å². The molecule has 0 saturated heterocycles. The Morgan fingerprint density at radius 2 is 1.20 bits per heavy atom. The number of nitrogens with two attached hydrogens (primary N) is 1. The highest BCUT2D eigenvalue weighted by molar-refractivity contribution is 7.51. The average Bonchev–Trinajstić information content (AvgIpc) is 2.38. The van der Waals surface area contributed by atoms with E-state index >= 15 is 0 Å². The highest BCUT2D eigenvalue weighted by Crippen LogP contribution is 2.35. The lowest BCUT2D eigenvalue weighted by molar-refractivity contribution is 0.370. The molecule has 20 heavy (non-hydrogen) atoms. The maximum Gasteiger partial charge on any atom is 0.325 e. The molecule has 0 aromatic heterocycles. The average molecular weight is 308 g/mol. The number of hydrogen-bond donors (Lipinski definition) is 4. The maximum absolute atomic E-state index is 10.6. The molecule has 0 fully saturated rings. The van der Waals surface area contributed by atoms with Crippen LogP contribution in [0, 0.1) is 0 Å². The van der Waals surface area contributed by atoms with Crippen molar-refractivity contribution in [2.75, 3.05) is 25.8 Å². The molecule has 0 aliphatic heterocycles. The van der Waals surface area contributed by atoms with Crippen molar-refractivity contribution in [1.82, 2.24) is 5.32 Å². The standard InChI is InChI=1S/C14H33N2O3P/c15-11-13-16-12-9-7-5-3-1-2-4-6-8-10-14-20(17,18)19/h16H,1-15H2,(H2,17,18,19). The summed E-state index contributed by atoms with van der Waals surface area (Å²) < 4.78 is 10.6. The smallest absolute Gasteiger partial charge is 0.325 e. The summed E-state index contributed by atoms with van der Waals surface area (Å²) in [6, 6.07) is 0. The Morgan fingerprint density at radius 3 is 1.65 bits per heavy atom. The minimum absolute atomic E-state index is 0.0468. The molecule has 0 aliphatic carbocycles. The van der Waals surface area contributed by atoms with Crippen LogP contribution in [0.25, 0.3) is 0 Å². The zero-order chi connectivity index (χ0) is 15.1. The third-order valence-corrected chi connectivity index (χ3v) is 4.27. The molecule has 122 valence electrons. The highest BCUT2D eigenvalue weighted by Gasteiger charge is 2.10. The van der Waals surface area contributed by atoms with Crippen LogP contribution in [0.2, 0.25) is 0 Å². The first-order valence-electron chi connectivity index (χ1n) is 8.01. The van der Waals surface area contributed by atoms with Crippen molar-refractivity contribution >= 4 is 7.60 Å². The van der Waals surface area contributed by atoms with Gasteiger partial charge in [0.15, 0.2) is 0 Å². The fourth-order valence-corrected chi connectivity index (χ4v) is 2.84. The first-order chi connectivity index (χ1) is 9.56. The Labute approximate surface area is 123 Å². The summed E-state index contributed by atoms with van der Waals surface area (Å²) in [4.78, 5) is 17.4. The summed E-state index contributed by atoms with van der Waals surface area (Å²) in [5.74, 6) is 0. The molecule has 6 heteroatoms. The summed E-state index contributed by atoms with van der Waals surface area (Å²) in [6.45, 7) is 2.72. The van der Waals surface area contributed by atoms with Crippen molar-refractivity contribution in [3.63, 3.8) is 0 Å². The minimum atomic E-state index is -3.76. The second kappa shape index (κ2) is 14.0. The Bertz CT molecular complexity index is 247. The highest BCUT2D eigenvalue weighted by atomic mass is 31.2. The molecule has 0 aliphatic rings. The SMILES string of the molecule is NCCNCCCCCCCCCCCCP(=O)(O)O. The van der Waals surface area contributed by atoms with Crippen molar-refractivity contribution in [2.45, 2.75) is 64.2 Å². The van der Waals surface area contributed by atoms with Crippen molar-refractivity contribution < 1.29 is 14.4 Å². The fraction of sp³-hybridized carbons (Fsp3) is 1.00. The fourth-order valence-electron chi connectivity index (χ4n) is 2.21. The topological polar surface area (TPSA) is 95.6 Å². The normalized spacial score (nSPS) is 11.9. The van der Waals surface area contributed by atoms with Gasteiger partial charge in [0, 0.05) is 19.3 Å². The van der Waals surface area contributed by atoms with Gasteiger partial charge in [0.2, 0.25) is 0 Å². The van der Waals surface area contributed by atoms with Gasteiger partial charge in [-0.1, -0.05) is 51.4 Å². The van der Waals surface area contributed by atoms with Crippen LogP contribution in [0.1, 0.15) is 64.2 Å². The first-order valence-corrected chi connectivity index (χ1v) is 9.81. The van der Waals surface area contributed by atoms with Crippen LogP contribution in [-0.2, 0) is 4.57 Å². The summed E-state index contributed by atoms with van der Waals surface area (Å²) in [7, 11) is -3.76. The Hall–Kier alpha value is 0.0700. The number of hydrogen-bond acceptors (Lipinski definition) is 3. The van der Waals surface area contributed by atoms with Crippen LogP contribution in [0.15, 0.2) is 0 Å². The van der Waals surface area contributed by atoms with E-state index in [1.54, 1.807) is 0 Å². The molecule has 0 aromatic carbocycles. The molecule has 0 amide bonds. The van der Waals surface area contributed by atoms with Crippen LogP contribution < -0.4 is 11.1 Å². The maximum atomic E-state index is 10.6. The van der Waals surface area contributed by atoms with Crippen molar-refractivity contribution in [3.05, 3.63) is 0 Å². The lowest BCUT2D eigenvalue weighted by Crippen LogP contribution is -2.23. The quantitative estimate of drug-likeness (QED) is 0.275. The van der Waals surface area contributed by atoms with Gasteiger partial charge in [-0.3, -0.25) is 4.57 Å². The zero-order valence-electron chi connectivity index (χ0n) is 12.7. The third-order valence-electron chi connectivity index (χ3n) is 3.37. The van der Waals surface area contributed by atoms with E-state index in [0.717, 1.165) is 25.9 Å². The van der Waals surface area contributed by atoms with Crippen LogP contribution >= 0.6 is 7.60 Å². The van der Waals surface area contributed by atoms with E-state index in [4.69, 9.17) is 15.5 Å². The molecule has 0 atom stereocenters. The molecule has 0 bridgehead atoms. The molecule has 0 rings (SSSR count). The first kappa shape index (κ1) is 20.1. The summed E-state index contributed by atoms with van der Waals surface area (Å²) in [5, 5.41) is 3.30. The molecule has 0 radical (unpaired) electrons. The lowest BCUT2D eigenvalue weighted by Gasteiger charge is -2.04. The summed E-state index contributed by atoms with van der Waals surface area (Å²) >= 11 is 0. The number of nitrogens with one attached hydrogen (secondary N) is 1. The second-order valence-corrected chi connectivity index (χ2v) is 7.24. The van der Waals surface area contributed by atoms with Gasteiger partial charge in [-0.15, -0.1) is 0 Å². The zero-order valence-corrected chi connectivity index (χ0v) is 13.6. The summed E-state index contributed by atoms with van der Waals surface area (Å²) in [5.41, 5.74) is 5.39. The third kappa shape index (κ3) is 18.1. The van der Waals surface area contributed by atoms with Gasteiger partial charge in [-0.05, 0) is 19.4 Å². The van der Waals surface area contributed by atoms with Crippen molar-refractivity contribution in [1.29, 1.82) is 0 Å². The van der Waals surface area contributed by atoms with Gasteiger partial charge < -0.3 is 20.8 Å². The van der Waals surface area contributed by atoms with Gasteiger partial charge in [0.1, 0.15) is 0 Å². The van der Waals surface area contributed by atoms with E-state index in [-0.39, 0.29) is 6.16 Å². The molecule has 5 nitrogen and oxygen atoms in total. The molecule has 0 saturated carbocycles. The molecule has 0 aromatic rings. The Morgan fingerprint density at radius 1 is 0.750 bits per heavy atom. The van der Waals surface area contributed by atoms with E-state index in [2.05, 4.69) is 5.32 Å². The second-order valence-electron chi connectivity index (χ2n) is 5.46. The molecular weight excluding hydrogens is 275 g/mol. The number of unbranched alkanes of at least 4 members (excludes halogenated alkanes) is 9.